The van der Waals surface area contributed by atoms with Crippen molar-refractivity contribution in [1.29, 1.82) is 0 Å². The van der Waals surface area contributed by atoms with Crippen molar-refractivity contribution in [3.05, 3.63) is 0 Å². The molecular formula is C14H26O6. The molecule has 0 aromatic heterocycles. The standard InChI is InChI=1S/C14H26O6/c1-10(20-14(16)9-12(3)18-5)6-7-19-13(15)8-11(2)17-4/h10-12H,6-9H2,1-5H3/t10-,11?,12-/m1/s1. The van der Waals surface area contributed by atoms with Gasteiger partial charge in [-0.15, -0.1) is 0 Å². The van der Waals surface area contributed by atoms with E-state index in [0.717, 1.165) is 0 Å². The first-order chi connectivity index (χ1) is 9.38. The first kappa shape index (κ1) is 18.9. The average molecular weight is 290 g/mol. The molecule has 0 aromatic carbocycles. The number of methoxy groups -OCH3 is 2. The van der Waals surface area contributed by atoms with Crippen LogP contribution in [0.4, 0.5) is 0 Å². The molecule has 0 spiro atoms. The Hall–Kier alpha value is -1.14. The van der Waals surface area contributed by atoms with E-state index in [1.54, 1.807) is 35.0 Å². The van der Waals surface area contributed by atoms with Crippen molar-refractivity contribution in [3.63, 3.8) is 0 Å². The summed E-state index contributed by atoms with van der Waals surface area (Å²) in [6.07, 6.45) is 0.290. The lowest BCUT2D eigenvalue weighted by Gasteiger charge is -2.15. The van der Waals surface area contributed by atoms with Gasteiger partial charge >= 0.3 is 11.9 Å². The van der Waals surface area contributed by atoms with Crippen LogP contribution >= 0.6 is 0 Å². The molecule has 0 N–H and O–H groups in total. The zero-order valence-corrected chi connectivity index (χ0v) is 13.0. The monoisotopic (exact) mass is 290 g/mol. The molecule has 0 amide bonds. The summed E-state index contributed by atoms with van der Waals surface area (Å²) in [5.41, 5.74) is 0. The molecule has 0 radical (unpaired) electrons. The number of esters is 2. The lowest BCUT2D eigenvalue weighted by molar-refractivity contribution is -0.152. The Kier molecular flexibility index (Phi) is 10.0. The van der Waals surface area contributed by atoms with Crippen LogP contribution in [0.3, 0.4) is 0 Å². The SMILES string of the molecule is COC(C)CC(=O)OCC[C@@H](C)OC(=O)C[C@@H](C)OC. The first-order valence-electron chi connectivity index (χ1n) is 6.79. The summed E-state index contributed by atoms with van der Waals surface area (Å²) in [5, 5.41) is 0. The lowest BCUT2D eigenvalue weighted by Crippen LogP contribution is -2.22. The Bertz CT molecular complexity index is 291. The van der Waals surface area contributed by atoms with Crippen LogP contribution in [0.15, 0.2) is 0 Å². The Balaban J connectivity index is 3.75. The average Bonchev–Trinajstić information content (AvgIpc) is 2.37. The van der Waals surface area contributed by atoms with Crippen LogP contribution < -0.4 is 0 Å². The van der Waals surface area contributed by atoms with E-state index in [0.29, 0.717) is 6.42 Å². The van der Waals surface area contributed by atoms with Gasteiger partial charge in [0.15, 0.2) is 0 Å². The minimum atomic E-state index is -0.314. The van der Waals surface area contributed by atoms with E-state index >= 15 is 0 Å². The van der Waals surface area contributed by atoms with Crippen molar-refractivity contribution in [1.82, 2.24) is 0 Å². The van der Waals surface area contributed by atoms with Crippen LogP contribution in [0.5, 0.6) is 0 Å². The van der Waals surface area contributed by atoms with E-state index in [-0.39, 0.29) is 49.7 Å². The summed E-state index contributed by atoms with van der Waals surface area (Å²) in [6, 6.07) is 0. The molecule has 0 bridgehead atoms. The third-order valence-corrected chi connectivity index (χ3v) is 2.83. The Morgan fingerprint density at radius 2 is 1.35 bits per heavy atom. The fourth-order valence-electron chi connectivity index (χ4n) is 1.37. The van der Waals surface area contributed by atoms with Crippen LogP contribution in [0.25, 0.3) is 0 Å². The molecule has 0 aliphatic rings. The van der Waals surface area contributed by atoms with Crippen molar-refractivity contribution in [3.8, 4) is 0 Å². The van der Waals surface area contributed by atoms with E-state index in [1.807, 2.05) is 0 Å². The smallest absolute Gasteiger partial charge is 0.308 e. The minimum Gasteiger partial charge on any atom is -0.465 e. The highest BCUT2D eigenvalue weighted by Gasteiger charge is 2.14. The van der Waals surface area contributed by atoms with E-state index in [2.05, 4.69) is 0 Å². The van der Waals surface area contributed by atoms with Crippen LogP contribution in [0, 0.1) is 0 Å². The predicted octanol–water partition coefficient (Wildman–Crippen LogP) is 1.70. The minimum absolute atomic E-state index is 0.159. The molecule has 0 heterocycles. The third kappa shape index (κ3) is 9.75. The number of hydrogen-bond donors (Lipinski definition) is 0. The van der Waals surface area contributed by atoms with Crippen molar-refractivity contribution < 1.29 is 28.5 Å². The van der Waals surface area contributed by atoms with Gasteiger partial charge in [0, 0.05) is 20.6 Å². The summed E-state index contributed by atoms with van der Waals surface area (Å²) < 4.78 is 20.2. The second kappa shape index (κ2) is 10.6. The lowest BCUT2D eigenvalue weighted by atomic mass is 10.2. The Morgan fingerprint density at radius 1 is 0.850 bits per heavy atom. The number of carbonyl (C=O) groups excluding carboxylic acids is 2. The first-order valence-corrected chi connectivity index (χ1v) is 6.79. The molecule has 3 atom stereocenters. The molecule has 118 valence electrons. The van der Waals surface area contributed by atoms with Crippen LogP contribution in [0.2, 0.25) is 0 Å². The molecule has 0 aliphatic carbocycles. The molecule has 6 nitrogen and oxygen atoms in total. The van der Waals surface area contributed by atoms with Gasteiger partial charge in [-0.3, -0.25) is 9.59 Å². The quantitative estimate of drug-likeness (QED) is 0.570. The van der Waals surface area contributed by atoms with Gasteiger partial charge in [0.2, 0.25) is 0 Å². The molecule has 0 aromatic rings. The van der Waals surface area contributed by atoms with Gasteiger partial charge in [0.1, 0.15) is 6.10 Å². The van der Waals surface area contributed by atoms with Gasteiger partial charge in [-0.1, -0.05) is 0 Å². The summed E-state index contributed by atoms with van der Waals surface area (Å²) >= 11 is 0. The summed E-state index contributed by atoms with van der Waals surface area (Å²) in [5.74, 6) is -0.628. The summed E-state index contributed by atoms with van der Waals surface area (Å²) in [4.78, 5) is 22.9. The Labute approximate surface area is 120 Å². The molecule has 0 saturated heterocycles. The van der Waals surface area contributed by atoms with Crippen LogP contribution in [-0.2, 0) is 28.5 Å². The molecule has 1 unspecified atom stereocenters. The van der Waals surface area contributed by atoms with Crippen molar-refractivity contribution >= 4 is 11.9 Å². The fourth-order valence-corrected chi connectivity index (χ4v) is 1.37. The van der Waals surface area contributed by atoms with Gasteiger partial charge in [-0.2, -0.15) is 0 Å². The molecule has 20 heavy (non-hydrogen) atoms. The van der Waals surface area contributed by atoms with Gasteiger partial charge < -0.3 is 18.9 Å². The molecule has 6 heteroatoms. The maximum Gasteiger partial charge on any atom is 0.308 e. The second-order valence-corrected chi connectivity index (χ2v) is 4.81. The zero-order valence-electron chi connectivity index (χ0n) is 13.0. The predicted molar refractivity (Wildman–Crippen MR) is 73.3 cm³/mol. The fraction of sp³-hybridized carbons (Fsp3) is 0.857. The molecule has 0 rings (SSSR count). The molecular weight excluding hydrogens is 264 g/mol. The maximum atomic E-state index is 11.5. The van der Waals surface area contributed by atoms with Crippen molar-refractivity contribution in [2.75, 3.05) is 20.8 Å². The highest BCUT2D eigenvalue weighted by Crippen LogP contribution is 2.05. The molecule has 0 saturated carbocycles. The largest absolute Gasteiger partial charge is 0.465 e. The van der Waals surface area contributed by atoms with Gasteiger partial charge in [0.05, 0.1) is 31.7 Å². The van der Waals surface area contributed by atoms with Gasteiger partial charge in [-0.25, -0.2) is 0 Å². The van der Waals surface area contributed by atoms with Gasteiger partial charge in [-0.05, 0) is 20.8 Å². The van der Waals surface area contributed by atoms with E-state index in [4.69, 9.17) is 18.9 Å². The molecule has 0 fully saturated rings. The maximum absolute atomic E-state index is 11.5. The number of ether oxygens (including phenoxy) is 4. The molecule has 0 aliphatic heterocycles. The summed E-state index contributed by atoms with van der Waals surface area (Å²) in [6.45, 7) is 5.58. The second-order valence-electron chi connectivity index (χ2n) is 4.81. The normalized spacial score (nSPS) is 15.2. The number of carbonyl (C=O) groups is 2. The summed E-state index contributed by atoms with van der Waals surface area (Å²) in [7, 11) is 3.09. The zero-order chi connectivity index (χ0) is 15.5. The number of rotatable bonds is 10. The van der Waals surface area contributed by atoms with Gasteiger partial charge in [0.25, 0.3) is 0 Å². The number of hydrogen-bond acceptors (Lipinski definition) is 6. The van der Waals surface area contributed by atoms with Crippen LogP contribution in [0.1, 0.15) is 40.0 Å². The Morgan fingerprint density at radius 3 is 1.85 bits per heavy atom. The highest BCUT2D eigenvalue weighted by molar-refractivity contribution is 5.70. The van der Waals surface area contributed by atoms with E-state index < -0.39 is 0 Å². The highest BCUT2D eigenvalue weighted by atomic mass is 16.6. The van der Waals surface area contributed by atoms with Crippen molar-refractivity contribution in [2.24, 2.45) is 0 Å². The van der Waals surface area contributed by atoms with Crippen LogP contribution in [-0.4, -0.2) is 51.1 Å². The topological polar surface area (TPSA) is 71.1 Å². The van der Waals surface area contributed by atoms with Crippen molar-refractivity contribution in [2.45, 2.75) is 58.3 Å². The van der Waals surface area contributed by atoms with E-state index in [1.165, 1.54) is 0 Å². The van der Waals surface area contributed by atoms with E-state index in [9.17, 15) is 9.59 Å². The third-order valence-electron chi connectivity index (χ3n) is 2.83.